The fourth-order valence-electron chi connectivity index (χ4n) is 4.87. The smallest absolute Gasteiger partial charge is 0.377 e. The van der Waals surface area contributed by atoms with Gasteiger partial charge >= 0.3 is 17.6 Å². The molecule has 0 aliphatic rings. The van der Waals surface area contributed by atoms with E-state index in [1.807, 2.05) is 33.7 Å². The summed E-state index contributed by atoms with van der Waals surface area (Å²) in [5, 5.41) is 2.11. The number of nitrogens with zero attached hydrogens (tertiary/aromatic N) is 2. The number of thiazole rings is 2. The lowest BCUT2D eigenvalue weighted by molar-refractivity contribution is 0.116. The highest BCUT2D eigenvalue weighted by molar-refractivity contribution is 8.76. The van der Waals surface area contributed by atoms with Crippen molar-refractivity contribution >= 4 is 82.3 Å². The highest BCUT2D eigenvalue weighted by atomic mass is 33.1. The Morgan fingerprint density at radius 1 is 0.595 bits per heavy atom. The molecule has 0 fully saturated rings. The summed E-state index contributed by atoms with van der Waals surface area (Å²) in [7, 11) is 7.84. The van der Waals surface area contributed by atoms with Gasteiger partial charge in [0.05, 0.1) is 20.4 Å². The molecule has 2 heterocycles. The van der Waals surface area contributed by atoms with Gasteiger partial charge in [-0.2, -0.15) is 0 Å². The van der Waals surface area contributed by atoms with E-state index in [4.69, 9.17) is 36.5 Å². The molecule has 0 aliphatic heterocycles. The molecule has 42 heavy (non-hydrogen) atoms. The summed E-state index contributed by atoms with van der Waals surface area (Å²) < 4.78 is 37.6. The zero-order chi connectivity index (χ0) is 30.4. The Kier molecular flexibility index (Phi) is 11.7. The van der Waals surface area contributed by atoms with Gasteiger partial charge in [-0.05, 0) is 24.3 Å². The van der Waals surface area contributed by atoms with Gasteiger partial charge in [0.1, 0.15) is 10.0 Å². The van der Waals surface area contributed by atoms with Crippen LogP contribution in [0, 0.1) is 0 Å². The third kappa shape index (κ3) is 7.32. The van der Waals surface area contributed by atoms with E-state index in [1.54, 1.807) is 65.3 Å². The molecule has 4 rings (SSSR count). The average Bonchev–Trinajstić information content (AvgIpc) is 3.67. The number of hydrogen-bond donors (Lipinski definition) is 0. The molecule has 2 aromatic carbocycles. The number of rotatable bonds is 17. The lowest BCUT2D eigenvalue weighted by Gasteiger charge is -2.36. The Hall–Kier alpha value is -0.886. The second kappa shape index (κ2) is 14.5. The number of hydrogen-bond acceptors (Lipinski definition) is 12. The Morgan fingerprint density at radius 2 is 0.929 bits per heavy atom. The molecule has 230 valence electrons. The molecule has 2 aromatic heterocycles. The molecule has 0 radical (unpaired) electrons. The van der Waals surface area contributed by atoms with Gasteiger partial charge in [0, 0.05) is 77.1 Å². The van der Waals surface area contributed by atoms with Crippen LogP contribution in [0.1, 0.15) is 23.9 Å². The van der Waals surface area contributed by atoms with E-state index in [0.29, 0.717) is 12.1 Å². The molecule has 0 N–H and O–H groups in total. The van der Waals surface area contributed by atoms with Crippen molar-refractivity contribution in [2.45, 2.75) is 36.8 Å². The van der Waals surface area contributed by atoms with Crippen molar-refractivity contribution in [1.82, 2.24) is 9.97 Å². The SMILES string of the molecule is CO[Si](CC(C)(CSSCC(C)(C[Si](OC)(OC)OC)c1nc2ccccc2s1)c1nc2ccccc2s1)(OC)OC. The first kappa shape index (κ1) is 34.0. The Bertz CT molecular complexity index is 1260. The van der Waals surface area contributed by atoms with Crippen LogP contribution in [-0.2, 0) is 37.4 Å². The maximum atomic E-state index is 5.88. The van der Waals surface area contributed by atoms with Crippen LogP contribution in [0.15, 0.2) is 48.5 Å². The summed E-state index contributed by atoms with van der Waals surface area (Å²) in [6.07, 6.45) is 0. The van der Waals surface area contributed by atoms with E-state index >= 15 is 0 Å². The summed E-state index contributed by atoms with van der Waals surface area (Å²) >= 11 is 3.45. The minimum atomic E-state index is -2.91. The zero-order valence-electron chi connectivity index (χ0n) is 25.4. The topological polar surface area (TPSA) is 81.2 Å². The Labute approximate surface area is 267 Å². The largest absolute Gasteiger partial charge is 0.501 e. The van der Waals surface area contributed by atoms with Crippen molar-refractivity contribution in [3.05, 3.63) is 58.5 Å². The van der Waals surface area contributed by atoms with Crippen molar-refractivity contribution < 1.29 is 26.6 Å². The van der Waals surface area contributed by atoms with Gasteiger partial charge in [-0.3, -0.25) is 0 Å². The van der Waals surface area contributed by atoms with Gasteiger partial charge in [-0.15, -0.1) is 22.7 Å². The highest BCUT2D eigenvalue weighted by Gasteiger charge is 2.49. The van der Waals surface area contributed by atoms with Crippen molar-refractivity contribution in [3.63, 3.8) is 0 Å². The van der Waals surface area contributed by atoms with E-state index in [1.165, 1.54) is 9.40 Å². The molecule has 0 spiro atoms. The second-order valence-corrected chi connectivity index (χ2v) is 21.0. The summed E-state index contributed by atoms with van der Waals surface area (Å²) in [5.74, 6) is 1.58. The van der Waals surface area contributed by atoms with Gasteiger partial charge in [0.25, 0.3) is 0 Å². The molecule has 0 saturated heterocycles. The first-order valence-electron chi connectivity index (χ1n) is 13.4. The number of fused-ring (bicyclic) bond motifs is 2. The molecular formula is C28H40N2O6S4Si2. The van der Waals surface area contributed by atoms with E-state index in [0.717, 1.165) is 32.6 Å². The van der Waals surface area contributed by atoms with Gasteiger partial charge in [-0.25, -0.2) is 9.97 Å². The molecule has 2 atom stereocenters. The van der Waals surface area contributed by atoms with Crippen LogP contribution in [0.2, 0.25) is 12.1 Å². The minimum absolute atomic E-state index is 0.341. The van der Waals surface area contributed by atoms with Crippen molar-refractivity contribution in [2.24, 2.45) is 0 Å². The van der Waals surface area contributed by atoms with Crippen LogP contribution in [0.3, 0.4) is 0 Å². The standard InChI is InChI=1S/C28H40N2O6S4Si2/c1-27(19-41(31-3,32-4)33-5,25-29-21-13-9-11-15-23(21)39-25)17-37-38-18-28(2,20-42(34-6,35-7)36-8)26-30-22-14-10-12-16-24(22)40-26/h9-16H,17-20H2,1-8H3. The van der Waals surface area contributed by atoms with E-state index in [-0.39, 0.29) is 10.8 Å². The van der Waals surface area contributed by atoms with Gasteiger partial charge in [-0.1, -0.05) is 59.7 Å². The third-order valence-electron chi connectivity index (χ3n) is 7.54. The first-order chi connectivity index (χ1) is 20.1. The maximum Gasteiger partial charge on any atom is 0.501 e. The molecule has 0 aliphatic carbocycles. The van der Waals surface area contributed by atoms with Crippen molar-refractivity contribution in [1.29, 1.82) is 0 Å². The predicted octanol–water partition coefficient (Wildman–Crippen LogP) is 7.26. The second-order valence-electron chi connectivity index (χ2n) is 10.6. The lowest BCUT2D eigenvalue weighted by atomic mass is 9.97. The lowest BCUT2D eigenvalue weighted by Crippen LogP contribution is -2.49. The molecule has 2 unspecified atom stereocenters. The van der Waals surface area contributed by atoms with Crippen LogP contribution in [0.5, 0.6) is 0 Å². The van der Waals surface area contributed by atoms with E-state index < -0.39 is 17.6 Å². The molecule has 0 bridgehead atoms. The monoisotopic (exact) mass is 684 g/mol. The maximum absolute atomic E-state index is 5.88. The van der Waals surface area contributed by atoms with Crippen LogP contribution in [0.4, 0.5) is 0 Å². The molecule has 0 saturated carbocycles. The molecule has 8 nitrogen and oxygen atoms in total. The number of para-hydroxylation sites is 2. The van der Waals surface area contributed by atoms with Gasteiger partial charge in [0.15, 0.2) is 0 Å². The quantitative estimate of drug-likeness (QED) is 0.0644. The zero-order valence-corrected chi connectivity index (χ0v) is 30.7. The number of benzene rings is 2. The fourth-order valence-corrected chi connectivity index (χ4v) is 15.5. The molecule has 4 aromatic rings. The minimum Gasteiger partial charge on any atom is -0.377 e. The number of aromatic nitrogens is 2. The van der Waals surface area contributed by atoms with Crippen LogP contribution in [0.25, 0.3) is 20.4 Å². The highest BCUT2D eigenvalue weighted by Crippen LogP contribution is 2.46. The van der Waals surface area contributed by atoms with E-state index in [2.05, 4.69) is 50.2 Å². The third-order valence-corrected chi connectivity index (χ3v) is 19.3. The molecule has 14 heteroatoms. The van der Waals surface area contributed by atoms with Gasteiger partial charge in [0.2, 0.25) is 0 Å². The summed E-state index contributed by atoms with van der Waals surface area (Å²) in [4.78, 5) is 10.1. The van der Waals surface area contributed by atoms with Crippen LogP contribution in [-0.4, -0.2) is 81.7 Å². The predicted molar refractivity (Wildman–Crippen MR) is 182 cm³/mol. The van der Waals surface area contributed by atoms with Gasteiger partial charge < -0.3 is 26.6 Å². The average molecular weight is 685 g/mol. The molecule has 0 amide bonds. The van der Waals surface area contributed by atoms with Crippen LogP contribution < -0.4 is 0 Å². The van der Waals surface area contributed by atoms with Crippen molar-refractivity contribution in [3.8, 4) is 0 Å². The van der Waals surface area contributed by atoms with Crippen molar-refractivity contribution in [2.75, 3.05) is 54.2 Å². The summed E-state index contributed by atoms with van der Waals surface area (Å²) in [6.45, 7) is 4.48. The first-order valence-corrected chi connectivity index (χ1v) is 21.4. The molecular weight excluding hydrogens is 645 g/mol. The Balaban J connectivity index is 1.60. The summed E-state index contributed by atoms with van der Waals surface area (Å²) in [5.41, 5.74) is 1.33. The summed E-state index contributed by atoms with van der Waals surface area (Å²) in [6, 6.07) is 17.7. The van der Waals surface area contributed by atoms with Crippen LogP contribution >= 0.6 is 44.3 Å². The van der Waals surface area contributed by atoms with E-state index in [9.17, 15) is 0 Å². The fraction of sp³-hybridized carbons (Fsp3) is 0.500. The Morgan fingerprint density at radius 3 is 1.24 bits per heavy atom. The normalized spacial score (nSPS) is 15.7.